The van der Waals surface area contributed by atoms with Crippen LogP contribution in [-0.4, -0.2) is 5.91 Å². The van der Waals surface area contributed by atoms with Crippen LogP contribution in [0.4, 0.5) is 0 Å². The molecule has 0 spiro atoms. The molecule has 3 nitrogen and oxygen atoms in total. The van der Waals surface area contributed by atoms with E-state index in [4.69, 9.17) is 5.73 Å². The zero-order valence-corrected chi connectivity index (χ0v) is 6.45. The van der Waals surface area contributed by atoms with Gasteiger partial charge in [-0.2, -0.15) is 0 Å². The predicted octanol–water partition coefficient (Wildman–Crippen LogP) is -0.461. The predicted molar refractivity (Wildman–Crippen MR) is 40.5 cm³/mol. The number of pyridine rings is 1. The van der Waals surface area contributed by atoms with E-state index in [1.165, 1.54) is 0 Å². The zero-order valence-electron chi connectivity index (χ0n) is 6.45. The molecule has 2 N–H and O–H groups in total. The number of aryl methyl sites for hydroxylation is 1. The Kier molecular flexibility index (Phi) is 2.21. The maximum absolute atomic E-state index is 10.5. The lowest BCUT2D eigenvalue weighted by molar-refractivity contribution is -0.671. The number of aromatic nitrogens is 1. The highest BCUT2D eigenvalue weighted by atomic mass is 16.1. The van der Waals surface area contributed by atoms with Crippen molar-refractivity contribution in [3.63, 3.8) is 0 Å². The van der Waals surface area contributed by atoms with Crippen LogP contribution in [0.5, 0.6) is 0 Å². The average Bonchev–Trinajstić information content (AvgIpc) is 1.85. The zero-order chi connectivity index (χ0) is 8.27. The van der Waals surface area contributed by atoms with Crippen LogP contribution in [0, 0.1) is 0 Å². The van der Waals surface area contributed by atoms with Crippen molar-refractivity contribution in [2.45, 2.75) is 6.42 Å². The van der Waals surface area contributed by atoms with Gasteiger partial charge in [0.15, 0.2) is 12.4 Å². The molecule has 0 fully saturated rings. The molecule has 0 saturated carbocycles. The second kappa shape index (κ2) is 3.14. The molecule has 11 heavy (non-hydrogen) atoms. The van der Waals surface area contributed by atoms with Gasteiger partial charge >= 0.3 is 0 Å². The highest BCUT2D eigenvalue weighted by Gasteiger charge is 2.00. The van der Waals surface area contributed by atoms with Gasteiger partial charge in [-0.05, 0) is 6.07 Å². The van der Waals surface area contributed by atoms with Crippen molar-refractivity contribution in [1.29, 1.82) is 0 Å². The second-order valence-electron chi connectivity index (χ2n) is 2.52. The summed E-state index contributed by atoms with van der Waals surface area (Å²) in [5.41, 5.74) is 5.97. The third-order valence-corrected chi connectivity index (χ3v) is 1.38. The minimum Gasteiger partial charge on any atom is -0.369 e. The SMILES string of the molecule is C[n+]1cccc(CC(N)=O)c1. The molecule has 0 aliphatic carbocycles. The lowest BCUT2D eigenvalue weighted by Crippen LogP contribution is -2.27. The number of hydrogen-bond donors (Lipinski definition) is 1. The van der Waals surface area contributed by atoms with E-state index in [0.29, 0.717) is 6.42 Å². The molecule has 0 aliphatic heterocycles. The van der Waals surface area contributed by atoms with E-state index in [-0.39, 0.29) is 5.91 Å². The standard InChI is InChI=1S/C8H10N2O/c1-10-4-2-3-7(6-10)5-8(9)11/h2-4,6H,5H2,1H3,(H-,9,11)/p+1. The van der Waals surface area contributed by atoms with Crippen molar-refractivity contribution >= 4 is 5.91 Å². The molecule has 1 aromatic rings. The van der Waals surface area contributed by atoms with Gasteiger partial charge in [0.25, 0.3) is 0 Å². The van der Waals surface area contributed by atoms with Gasteiger partial charge in [0, 0.05) is 11.6 Å². The van der Waals surface area contributed by atoms with Gasteiger partial charge in [0.1, 0.15) is 7.05 Å². The van der Waals surface area contributed by atoms with Crippen LogP contribution in [0.3, 0.4) is 0 Å². The Morgan fingerprint density at radius 3 is 3.00 bits per heavy atom. The first-order valence-corrected chi connectivity index (χ1v) is 3.41. The van der Waals surface area contributed by atoms with Crippen molar-refractivity contribution in [3.8, 4) is 0 Å². The van der Waals surface area contributed by atoms with Crippen LogP contribution >= 0.6 is 0 Å². The third-order valence-electron chi connectivity index (χ3n) is 1.38. The van der Waals surface area contributed by atoms with E-state index in [2.05, 4.69) is 0 Å². The lowest BCUT2D eigenvalue weighted by Gasteiger charge is -1.93. The molecule has 1 rings (SSSR count). The maximum atomic E-state index is 10.5. The normalized spacial score (nSPS) is 9.55. The average molecular weight is 151 g/mol. The fourth-order valence-electron chi connectivity index (χ4n) is 0.956. The Morgan fingerprint density at radius 2 is 2.45 bits per heavy atom. The van der Waals surface area contributed by atoms with Crippen molar-refractivity contribution in [2.24, 2.45) is 12.8 Å². The summed E-state index contributed by atoms with van der Waals surface area (Å²) in [6.07, 6.45) is 4.10. The number of primary amides is 1. The van der Waals surface area contributed by atoms with Crippen LogP contribution in [0.25, 0.3) is 0 Å². The molecule has 1 heterocycles. The molecular weight excluding hydrogens is 140 g/mol. The number of hydrogen-bond acceptors (Lipinski definition) is 1. The van der Waals surface area contributed by atoms with E-state index < -0.39 is 0 Å². The summed E-state index contributed by atoms with van der Waals surface area (Å²) in [4.78, 5) is 10.5. The van der Waals surface area contributed by atoms with E-state index in [1.54, 1.807) is 0 Å². The molecule has 0 aliphatic rings. The van der Waals surface area contributed by atoms with Gasteiger partial charge in [-0.25, -0.2) is 4.57 Å². The summed E-state index contributed by atoms with van der Waals surface area (Å²) in [7, 11) is 1.91. The molecule has 0 unspecified atom stereocenters. The molecule has 0 saturated heterocycles. The summed E-state index contributed by atoms with van der Waals surface area (Å²) in [5.74, 6) is -0.295. The van der Waals surface area contributed by atoms with Gasteiger partial charge in [-0.15, -0.1) is 0 Å². The van der Waals surface area contributed by atoms with Gasteiger partial charge in [0.2, 0.25) is 5.91 Å². The smallest absolute Gasteiger partial charge is 0.222 e. The van der Waals surface area contributed by atoms with Gasteiger partial charge in [-0.3, -0.25) is 4.79 Å². The summed E-state index contributed by atoms with van der Waals surface area (Å²) in [6, 6.07) is 3.77. The Bertz CT molecular complexity index is 271. The van der Waals surface area contributed by atoms with E-state index in [1.807, 2.05) is 36.1 Å². The maximum Gasteiger partial charge on any atom is 0.222 e. The van der Waals surface area contributed by atoms with Gasteiger partial charge in [-0.1, -0.05) is 0 Å². The Balaban J connectivity index is 2.79. The van der Waals surface area contributed by atoms with Crippen LogP contribution in [0.2, 0.25) is 0 Å². The number of nitrogens with zero attached hydrogens (tertiary/aromatic N) is 1. The third kappa shape index (κ3) is 2.37. The number of carbonyl (C=O) groups excluding carboxylic acids is 1. The fraction of sp³-hybridized carbons (Fsp3) is 0.250. The monoisotopic (exact) mass is 151 g/mol. The number of nitrogens with two attached hydrogens (primary N) is 1. The Labute approximate surface area is 65.5 Å². The van der Waals surface area contributed by atoms with Crippen LogP contribution in [0.15, 0.2) is 24.5 Å². The lowest BCUT2D eigenvalue weighted by atomic mass is 10.2. The van der Waals surface area contributed by atoms with E-state index in [0.717, 1.165) is 5.56 Å². The number of rotatable bonds is 2. The molecule has 3 heteroatoms. The van der Waals surface area contributed by atoms with Crippen LogP contribution in [-0.2, 0) is 18.3 Å². The minimum atomic E-state index is -0.295. The number of carbonyl (C=O) groups is 1. The quantitative estimate of drug-likeness (QED) is 0.571. The molecule has 1 amide bonds. The molecule has 0 bridgehead atoms. The summed E-state index contributed by atoms with van der Waals surface area (Å²) < 4.78 is 1.89. The first kappa shape index (κ1) is 7.72. The highest BCUT2D eigenvalue weighted by molar-refractivity contribution is 5.76. The highest BCUT2D eigenvalue weighted by Crippen LogP contribution is 1.93. The number of amides is 1. The van der Waals surface area contributed by atoms with Crippen LogP contribution < -0.4 is 10.3 Å². The van der Waals surface area contributed by atoms with E-state index >= 15 is 0 Å². The van der Waals surface area contributed by atoms with Crippen molar-refractivity contribution in [2.75, 3.05) is 0 Å². The fourth-order valence-corrected chi connectivity index (χ4v) is 0.956. The molecule has 0 radical (unpaired) electrons. The largest absolute Gasteiger partial charge is 0.369 e. The Hall–Kier alpha value is -1.38. The minimum absolute atomic E-state index is 0.295. The van der Waals surface area contributed by atoms with E-state index in [9.17, 15) is 4.79 Å². The van der Waals surface area contributed by atoms with Crippen molar-refractivity contribution in [3.05, 3.63) is 30.1 Å². The summed E-state index contributed by atoms with van der Waals surface area (Å²) >= 11 is 0. The van der Waals surface area contributed by atoms with Crippen molar-refractivity contribution < 1.29 is 9.36 Å². The van der Waals surface area contributed by atoms with Crippen molar-refractivity contribution in [1.82, 2.24) is 0 Å². The summed E-state index contributed by atoms with van der Waals surface area (Å²) in [5, 5.41) is 0. The molecule has 1 aromatic heterocycles. The van der Waals surface area contributed by atoms with Crippen LogP contribution in [0.1, 0.15) is 5.56 Å². The molecule has 0 atom stereocenters. The first-order chi connectivity index (χ1) is 5.18. The Morgan fingerprint density at radius 1 is 1.73 bits per heavy atom. The second-order valence-corrected chi connectivity index (χ2v) is 2.52. The molecular formula is C8H11N2O+. The van der Waals surface area contributed by atoms with Gasteiger partial charge < -0.3 is 5.73 Å². The topological polar surface area (TPSA) is 47.0 Å². The summed E-state index contributed by atoms with van der Waals surface area (Å²) in [6.45, 7) is 0. The molecule has 58 valence electrons. The van der Waals surface area contributed by atoms with Gasteiger partial charge in [0.05, 0.1) is 6.42 Å². The molecule has 0 aromatic carbocycles. The first-order valence-electron chi connectivity index (χ1n) is 3.41.